The fourth-order valence-corrected chi connectivity index (χ4v) is 5.89. The van der Waals surface area contributed by atoms with Gasteiger partial charge in [0.2, 0.25) is 4.90 Å². The lowest BCUT2D eigenvalue weighted by Gasteiger charge is -2.38. The molecule has 3 aromatic rings. The zero-order valence-electron chi connectivity index (χ0n) is 21.9. The lowest BCUT2D eigenvalue weighted by Crippen LogP contribution is -2.51. The van der Waals surface area contributed by atoms with Crippen LogP contribution in [-0.2, 0) is 33.9 Å². The van der Waals surface area contributed by atoms with Crippen molar-refractivity contribution in [2.75, 3.05) is 29.8 Å². The Hall–Kier alpha value is -2.48. The average Bonchev–Trinajstić information content (AvgIpc) is 3.35. The number of carbonyl (C=O) groups excluding carboxylic acids is 1. The second-order valence-corrected chi connectivity index (χ2v) is 12.3. The molecule has 0 aliphatic carbocycles. The van der Waals surface area contributed by atoms with Crippen LogP contribution in [-0.4, -0.2) is 52.4 Å². The Labute approximate surface area is 238 Å². The summed E-state index contributed by atoms with van der Waals surface area (Å²) in [6, 6.07) is 7.11. The second kappa shape index (κ2) is 12.4. The van der Waals surface area contributed by atoms with Crippen LogP contribution in [0.25, 0.3) is 0 Å². The van der Waals surface area contributed by atoms with Crippen molar-refractivity contribution in [3.8, 4) is 0 Å². The normalized spacial score (nSPS) is 15.1. The van der Waals surface area contributed by atoms with Crippen LogP contribution >= 0.6 is 22.9 Å². The highest BCUT2D eigenvalue weighted by Gasteiger charge is 2.38. The number of likely N-dealkylation sites (tertiary alicyclic amines) is 1. The second-order valence-electron chi connectivity index (χ2n) is 9.92. The molecule has 1 aromatic heterocycles. The number of amides is 1. The summed E-state index contributed by atoms with van der Waals surface area (Å²) in [5.74, 6) is -1.21. The first-order valence-corrected chi connectivity index (χ1v) is 14.5. The van der Waals surface area contributed by atoms with E-state index in [0.29, 0.717) is 12.1 Å². The molecule has 13 heteroatoms. The zero-order valence-corrected chi connectivity index (χ0v) is 24.3. The van der Waals surface area contributed by atoms with Crippen LogP contribution in [0.3, 0.4) is 0 Å². The van der Waals surface area contributed by atoms with Gasteiger partial charge in [0, 0.05) is 56.4 Å². The van der Waals surface area contributed by atoms with E-state index in [1.807, 2.05) is 6.07 Å². The number of thiazole rings is 1. The van der Waals surface area contributed by atoms with Gasteiger partial charge in [-0.2, -0.15) is 0 Å². The highest BCUT2D eigenvalue weighted by atomic mass is 35.5. The average molecular weight is 599 g/mol. The van der Waals surface area contributed by atoms with Crippen LogP contribution in [0.15, 0.2) is 46.1 Å². The Balaban J connectivity index is 1.53. The number of benzene rings is 2. The highest BCUT2D eigenvalue weighted by Crippen LogP contribution is 2.33. The molecule has 1 atom stereocenters. The number of rotatable bonds is 9. The number of methoxy groups -OCH3 is 1. The molecule has 1 aliphatic heterocycles. The topological polar surface area (TPSA) is 90.0 Å². The van der Waals surface area contributed by atoms with Crippen molar-refractivity contribution in [2.45, 2.75) is 50.5 Å². The third-order valence-corrected chi connectivity index (χ3v) is 8.13. The predicted octanol–water partition coefficient (Wildman–Crippen LogP) is 5.98. The SMILES string of the molecule is COC1CN(Cc2cccc(F)c2CNc2cc(F)c([S+]([O-])N(C(=O)OC(C)(C)C)c3cscn3)cc2Cl)C1. The Bertz CT molecular complexity index is 1300. The monoisotopic (exact) mass is 598 g/mol. The minimum absolute atomic E-state index is 0.0470. The first kappa shape index (κ1) is 29.5. The van der Waals surface area contributed by atoms with Crippen molar-refractivity contribution in [2.24, 2.45) is 0 Å². The minimum atomic E-state index is -2.36. The number of hydrogen-bond donors (Lipinski definition) is 1. The number of ether oxygens (including phenoxy) is 2. The fraction of sp³-hybridized carbons (Fsp3) is 0.385. The number of hydrogen-bond acceptors (Lipinski definition) is 8. The van der Waals surface area contributed by atoms with E-state index in [1.165, 1.54) is 34.4 Å². The fourth-order valence-electron chi connectivity index (χ4n) is 3.93. The maximum atomic E-state index is 15.3. The van der Waals surface area contributed by atoms with Crippen LogP contribution in [0, 0.1) is 11.6 Å². The molecule has 2 aromatic carbocycles. The largest absolute Gasteiger partial charge is 0.587 e. The third kappa shape index (κ3) is 7.19. The molecule has 0 saturated carbocycles. The molecule has 8 nitrogen and oxygen atoms in total. The maximum absolute atomic E-state index is 15.3. The van der Waals surface area contributed by atoms with Gasteiger partial charge in [-0.05, 0) is 32.4 Å². The van der Waals surface area contributed by atoms with E-state index in [4.69, 9.17) is 21.1 Å². The molecule has 39 heavy (non-hydrogen) atoms. The van der Waals surface area contributed by atoms with Crippen molar-refractivity contribution < 1.29 is 27.6 Å². The van der Waals surface area contributed by atoms with Crippen molar-refractivity contribution in [1.29, 1.82) is 0 Å². The number of carbonyl (C=O) groups is 1. The molecule has 1 N–H and O–H groups in total. The number of nitrogens with one attached hydrogen (secondary N) is 1. The number of aromatic nitrogens is 1. The quantitative estimate of drug-likeness (QED) is 0.303. The third-order valence-electron chi connectivity index (χ3n) is 5.88. The zero-order chi connectivity index (χ0) is 28.3. The Morgan fingerprint density at radius 2 is 2.05 bits per heavy atom. The molecule has 0 radical (unpaired) electrons. The Morgan fingerprint density at radius 3 is 2.69 bits per heavy atom. The van der Waals surface area contributed by atoms with Crippen LogP contribution in [0.2, 0.25) is 5.02 Å². The maximum Gasteiger partial charge on any atom is 0.458 e. The molecule has 4 rings (SSSR count). The van der Waals surface area contributed by atoms with E-state index in [-0.39, 0.29) is 34.1 Å². The van der Waals surface area contributed by atoms with Gasteiger partial charge >= 0.3 is 6.09 Å². The van der Waals surface area contributed by atoms with E-state index >= 15 is 4.39 Å². The van der Waals surface area contributed by atoms with Crippen molar-refractivity contribution >= 4 is 51.9 Å². The van der Waals surface area contributed by atoms with E-state index in [1.54, 1.807) is 33.9 Å². The van der Waals surface area contributed by atoms with E-state index in [0.717, 1.165) is 29.0 Å². The summed E-state index contributed by atoms with van der Waals surface area (Å²) in [5.41, 5.74) is 1.98. The van der Waals surface area contributed by atoms with Gasteiger partial charge in [0.05, 0.1) is 22.3 Å². The van der Waals surface area contributed by atoms with Gasteiger partial charge in [-0.3, -0.25) is 4.90 Å². The lowest BCUT2D eigenvalue weighted by atomic mass is 10.0. The molecule has 1 saturated heterocycles. The molecule has 210 valence electrons. The first-order chi connectivity index (χ1) is 18.5. The van der Waals surface area contributed by atoms with Gasteiger partial charge in [-0.15, -0.1) is 11.3 Å². The van der Waals surface area contributed by atoms with Crippen LogP contribution in [0.1, 0.15) is 31.9 Å². The number of anilines is 2. The van der Waals surface area contributed by atoms with Gasteiger partial charge in [-0.25, -0.2) is 18.6 Å². The summed E-state index contributed by atoms with van der Waals surface area (Å²) in [7, 11) is 1.66. The van der Waals surface area contributed by atoms with Crippen LogP contribution in [0.5, 0.6) is 0 Å². The predicted molar refractivity (Wildman–Crippen MR) is 148 cm³/mol. The van der Waals surface area contributed by atoms with Crippen molar-refractivity contribution in [3.63, 3.8) is 0 Å². The Morgan fingerprint density at radius 1 is 1.31 bits per heavy atom. The summed E-state index contributed by atoms with van der Waals surface area (Å²) < 4.78 is 54.9. The van der Waals surface area contributed by atoms with E-state index in [2.05, 4.69) is 15.2 Å². The molecule has 1 fully saturated rings. The summed E-state index contributed by atoms with van der Waals surface area (Å²) >= 11 is 5.25. The summed E-state index contributed by atoms with van der Waals surface area (Å²) in [6.07, 6.45) is -0.775. The molecule has 1 unspecified atom stereocenters. The van der Waals surface area contributed by atoms with Crippen LogP contribution in [0.4, 0.5) is 25.1 Å². The summed E-state index contributed by atoms with van der Waals surface area (Å²) in [5, 5.41) is 4.53. The number of nitrogens with zero attached hydrogens (tertiary/aromatic N) is 3. The van der Waals surface area contributed by atoms with Crippen LogP contribution < -0.4 is 9.62 Å². The lowest BCUT2D eigenvalue weighted by molar-refractivity contribution is -0.0335. The number of halogens is 3. The minimum Gasteiger partial charge on any atom is -0.587 e. The molecule has 0 spiro atoms. The standard InChI is InChI=1S/C26H29ClF2N4O4S2/c1-26(2,3)37-25(34)33(24-14-38-15-31-24)39(35)23-8-19(27)22(9-21(23)29)30-10-18-16(6-5-7-20(18)28)11-32-12-17(13-32)36-4/h5-9,14-15,17,30H,10-13H2,1-4H3. The summed E-state index contributed by atoms with van der Waals surface area (Å²) in [4.78, 5) is 18.7. The smallest absolute Gasteiger partial charge is 0.458 e. The van der Waals surface area contributed by atoms with Gasteiger partial charge in [0.1, 0.15) is 22.8 Å². The van der Waals surface area contributed by atoms with Crippen molar-refractivity contribution in [1.82, 2.24) is 9.88 Å². The van der Waals surface area contributed by atoms with Gasteiger partial charge in [0.15, 0.2) is 11.6 Å². The molecular weight excluding hydrogens is 570 g/mol. The Kier molecular flexibility index (Phi) is 9.35. The first-order valence-electron chi connectivity index (χ1n) is 12.0. The summed E-state index contributed by atoms with van der Waals surface area (Å²) in [6.45, 7) is 7.09. The molecule has 0 bridgehead atoms. The molecule has 1 amide bonds. The van der Waals surface area contributed by atoms with Gasteiger partial charge in [-0.1, -0.05) is 28.0 Å². The van der Waals surface area contributed by atoms with E-state index in [9.17, 15) is 13.7 Å². The molecule has 1 aliphatic rings. The molecule has 2 heterocycles. The van der Waals surface area contributed by atoms with Crippen molar-refractivity contribution in [3.05, 3.63) is 69.0 Å². The highest BCUT2D eigenvalue weighted by molar-refractivity contribution is 7.93. The van der Waals surface area contributed by atoms with Gasteiger partial charge in [0.25, 0.3) is 0 Å². The van der Waals surface area contributed by atoms with E-state index < -0.39 is 34.7 Å². The van der Waals surface area contributed by atoms with Gasteiger partial charge < -0.3 is 19.3 Å². The molecular formula is C26H29ClF2N4O4S2.